The van der Waals surface area contributed by atoms with Crippen molar-refractivity contribution in [2.24, 2.45) is 11.8 Å². The first-order chi connectivity index (χ1) is 13.4. The average Bonchev–Trinajstić information content (AvgIpc) is 3.06. The number of ether oxygens (including phenoxy) is 1. The molecule has 3 atom stereocenters. The highest BCUT2D eigenvalue weighted by molar-refractivity contribution is 5.93. The third-order valence-corrected chi connectivity index (χ3v) is 6.45. The maximum Gasteiger partial charge on any atom is 0.159 e. The first-order valence-electron chi connectivity index (χ1n) is 10.5. The molecule has 4 nitrogen and oxygen atoms in total. The van der Waals surface area contributed by atoms with Gasteiger partial charge in [-0.1, -0.05) is 25.5 Å². The highest BCUT2D eigenvalue weighted by atomic mass is 16.5. The molecule has 0 amide bonds. The molecule has 0 saturated carbocycles. The maximum atomic E-state index is 12.4. The summed E-state index contributed by atoms with van der Waals surface area (Å²) in [5.74, 6) is 0.442. The zero-order chi connectivity index (χ0) is 20.1. The van der Waals surface area contributed by atoms with Crippen LogP contribution in [-0.2, 0) is 16.0 Å². The Labute approximate surface area is 163 Å². The minimum absolute atomic E-state index is 0.0367. The van der Waals surface area contributed by atoms with Crippen LogP contribution in [0.5, 0.6) is 0 Å². The molecular weight excluding hydrogens is 336 g/mol. The van der Waals surface area contributed by atoms with E-state index in [-0.39, 0.29) is 11.7 Å². The van der Waals surface area contributed by atoms with Gasteiger partial charge in [-0.25, -0.2) is 0 Å². The Balaban J connectivity index is 1.83. The number of H-pyrrole nitrogens is 1. The van der Waals surface area contributed by atoms with Crippen LogP contribution in [0.3, 0.4) is 0 Å². The van der Waals surface area contributed by atoms with Gasteiger partial charge >= 0.3 is 0 Å². The summed E-state index contributed by atoms with van der Waals surface area (Å²) in [6.07, 6.45) is 4.17. The van der Waals surface area contributed by atoms with Crippen molar-refractivity contribution in [3.05, 3.63) is 46.9 Å². The van der Waals surface area contributed by atoms with E-state index in [1.165, 1.54) is 16.5 Å². The van der Waals surface area contributed by atoms with Gasteiger partial charge < -0.3 is 9.72 Å². The molecule has 1 fully saturated rings. The van der Waals surface area contributed by atoms with E-state index in [9.17, 15) is 6.17 Å². The van der Waals surface area contributed by atoms with Crippen LogP contribution in [-0.4, -0.2) is 35.9 Å². The van der Waals surface area contributed by atoms with Crippen molar-refractivity contribution >= 4 is 16.7 Å². The van der Waals surface area contributed by atoms with Crippen LogP contribution in [0, 0.1) is 18.8 Å². The van der Waals surface area contributed by atoms with Gasteiger partial charge in [0.1, 0.15) is 0 Å². The van der Waals surface area contributed by atoms with Gasteiger partial charge in [0.2, 0.25) is 0 Å². The number of carbonyl (C=O) groups excluding carboxylic acids is 1. The van der Waals surface area contributed by atoms with Crippen LogP contribution in [0.15, 0.2) is 30.0 Å². The van der Waals surface area contributed by atoms with Gasteiger partial charge in [-0.05, 0) is 55.7 Å². The number of benzene rings is 1. The largest absolute Gasteiger partial charge is 0.504 e. The van der Waals surface area contributed by atoms with Crippen molar-refractivity contribution in [3.63, 3.8) is 0 Å². The lowest BCUT2D eigenvalue weighted by atomic mass is 9.73. The lowest BCUT2D eigenvalue weighted by molar-refractivity contribution is -0.114. The number of Topliss-reactive ketones (excluding diaryl/α,β-unsaturated/α-hetero) is 1. The molecule has 0 spiro atoms. The number of ketones is 1. The number of nitrogens with zero attached hydrogens (tertiary/aromatic N) is 1. The number of hydrogen-bond acceptors (Lipinski definition) is 3. The number of aromatic nitrogens is 1. The minimum Gasteiger partial charge on any atom is -0.504 e. The summed E-state index contributed by atoms with van der Waals surface area (Å²) in [7, 11) is 1.59. The lowest BCUT2D eigenvalue weighted by Gasteiger charge is -2.46. The summed E-state index contributed by atoms with van der Waals surface area (Å²) in [6, 6.07) is 5.48. The second-order valence-electron chi connectivity index (χ2n) is 7.96. The van der Waals surface area contributed by atoms with E-state index in [1.807, 2.05) is 0 Å². The van der Waals surface area contributed by atoms with Gasteiger partial charge in [-0.15, -0.1) is 0 Å². The molecule has 3 heterocycles. The number of nitrogens with one attached hydrogen (secondary N) is 1. The number of carbonyl (C=O) groups is 1. The SMILES string of the molecule is [2H][C@]12C[C@H](/C(=C\OC)C(C)=O)[C@H](CC)CN1CCc1c2[nH]c2cccc(C)c12. The quantitative estimate of drug-likeness (QED) is 0.637. The fourth-order valence-corrected chi connectivity index (χ4v) is 5.10. The average molecular weight is 368 g/mol. The van der Waals surface area contributed by atoms with Gasteiger partial charge in [-0.3, -0.25) is 9.69 Å². The van der Waals surface area contributed by atoms with Gasteiger partial charge in [0, 0.05) is 35.3 Å². The molecule has 1 saturated heterocycles. The Morgan fingerprint density at radius 1 is 1.48 bits per heavy atom. The minimum atomic E-state index is -0.836. The Bertz CT molecular complexity index is 947. The number of fused-ring (bicyclic) bond motifs is 5. The van der Waals surface area contributed by atoms with Crippen LogP contribution in [0.4, 0.5) is 0 Å². The van der Waals surface area contributed by atoms with Crippen molar-refractivity contribution in [3.8, 4) is 0 Å². The fourth-order valence-electron chi connectivity index (χ4n) is 5.10. The predicted octanol–water partition coefficient (Wildman–Crippen LogP) is 4.54. The number of aryl methyl sites for hydroxylation is 1. The molecular formula is C23H30N2O2. The summed E-state index contributed by atoms with van der Waals surface area (Å²) in [5, 5.41) is 1.28. The van der Waals surface area contributed by atoms with E-state index in [4.69, 9.17) is 4.74 Å². The summed E-state index contributed by atoms with van der Waals surface area (Å²) in [4.78, 5) is 18.3. The predicted molar refractivity (Wildman–Crippen MR) is 109 cm³/mol. The molecule has 2 aliphatic rings. The smallest absolute Gasteiger partial charge is 0.159 e. The number of hydrogen-bond donors (Lipinski definition) is 1. The molecule has 1 aromatic heterocycles. The van der Waals surface area contributed by atoms with E-state index < -0.39 is 6.02 Å². The Morgan fingerprint density at radius 2 is 2.30 bits per heavy atom. The Kier molecular flexibility index (Phi) is 4.52. The molecule has 4 rings (SSSR count). The van der Waals surface area contributed by atoms with Crippen LogP contribution < -0.4 is 0 Å². The van der Waals surface area contributed by atoms with E-state index in [0.717, 1.165) is 42.7 Å². The second-order valence-corrected chi connectivity index (χ2v) is 7.96. The lowest BCUT2D eigenvalue weighted by Crippen LogP contribution is -2.46. The topological polar surface area (TPSA) is 45.3 Å². The standard InChI is InChI=1S/C23H30N2O2/c1-5-16-12-25-10-9-17-22-14(2)7-6-8-20(22)24-23(17)21(25)11-18(16)19(13-27-4)15(3)26/h6-8,13,16,18,21,24H,5,9-12H2,1-4H3/b19-13-/t16-,18+,21-/m1/s1/i21D. The maximum absolute atomic E-state index is 12.4. The van der Waals surface area contributed by atoms with E-state index in [2.05, 4.69) is 41.9 Å². The number of allylic oxidation sites excluding steroid dienone is 1. The number of aromatic amines is 1. The molecule has 0 radical (unpaired) electrons. The number of piperidine rings is 1. The van der Waals surface area contributed by atoms with Gasteiger partial charge in [0.25, 0.3) is 0 Å². The fraction of sp³-hybridized carbons (Fsp3) is 0.522. The zero-order valence-electron chi connectivity index (χ0n) is 17.8. The Hall–Kier alpha value is -2.07. The molecule has 2 aliphatic heterocycles. The van der Waals surface area contributed by atoms with Crippen molar-refractivity contribution < 1.29 is 10.9 Å². The summed E-state index contributed by atoms with van der Waals surface area (Å²) >= 11 is 0. The Morgan fingerprint density at radius 3 is 3.00 bits per heavy atom. The molecule has 2 aromatic rings. The summed E-state index contributed by atoms with van der Waals surface area (Å²) in [6.45, 7) is 7.67. The van der Waals surface area contributed by atoms with Gasteiger partial charge in [-0.2, -0.15) is 0 Å². The molecule has 0 aliphatic carbocycles. The van der Waals surface area contributed by atoms with Crippen molar-refractivity contribution in [1.29, 1.82) is 0 Å². The second kappa shape index (κ2) is 7.16. The molecule has 0 unspecified atom stereocenters. The van der Waals surface area contributed by atoms with E-state index in [0.29, 0.717) is 12.3 Å². The molecule has 144 valence electrons. The third kappa shape index (κ3) is 3.00. The number of methoxy groups -OCH3 is 1. The molecule has 4 heteroatoms. The molecule has 1 N–H and O–H groups in total. The van der Waals surface area contributed by atoms with Crippen molar-refractivity contribution in [1.82, 2.24) is 9.88 Å². The van der Waals surface area contributed by atoms with Crippen LogP contribution in [0.1, 0.15) is 50.9 Å². The highest BCUT2D eigenvalue weighted by Crippen LogP contribution is 2.46. The summed E-state index contributed by atoms with van der Waals surface area (Å²) in [5.41, 5.74) is 5.40. The molecule has 27 heavy (non-hydrogen) atoms. The third-order valence-electron chi connectivity index (χ3n) is 6.45. The van der Waals surface area contributed by atoms with E-state index >= 15 is 0 Å². The first kappa shape index (κ1) is 17.1. The number of rotatable bonds is 4. The monoisotopic (exact) mass is 367 g/mol. The van der Waals surface area contributed by atoms with Crippen LogP contribution in [0.2, 0.25) is 0 Å². The van der Waals surface area contributed by atoms with Gasteiger partial charge in [0.05, 0.1) is 20.8 Å². The normalized spacial score (nSPS) is 29.2. The zero-order valence-corrected chi connectivity index (χ0v) is 16.8. The molecule has 0 bridgehead atoms. The summed E-state index contributed by atoms with van der Waals surface area (Å²) < 4.78 is 14.8. The molecule has 1 aromatic carbocycles. The van der Waals surface area contributed by atoms with Crippen LogP contribution >= 0.6 is 0 Å². The van der Waals surface area contributed by atoms with E-state index in [1.54, 1.807) is 20.3 Å². The van der Waals surface area contributed by atoms with Gasteiger partial charge in [0.15, 0.2) is 5.78 Å². The van der Waals surface area contributed by atoms with Crippen molar-refractivity contribution in [2.75, 3.05) is 20.2 Å². The first-order valence-corrected chi connectivity index (χ1v) is 10.00. The van der Waals surface area contributed by atoms with Crippen molar-refractivity contribution in [2.45, 2.75) is 46.1 Å². The van der Waals surface area contributed by atoms with Crippen LogP contribution in [0.25, 0.3) is 10.9 Å². The highest BCUT2D eigenvalue weighted by Gasteiger charge is 2.41.